The molecule has 0 radical (unpaired) electrons. The molecule has 1 aliphatic rings. The van der Waals surface area contributed by atoms with E-state index in [0.717, 1.165) is 0 Å². The second kappa shape index (κ2) is 7.78. The summed E-state index contributed by atoms with van der Waals surface area (Å²) < 4.78 is 72.9. The third-order valence-electron chi connectivity index (χ3n) is 4.35. The van der Waals surface area contributed by atoms with Gasteiger partial charge in [0.2, 0.25) is 0 Å². The number of nitrogens with one attached hydrogen (secondary N) is 2. The molecule has 0 spiro atoms. The first-order valence-electron chi connectivity index (χ1n) is 8.65. The van der Waals surface area contributed by atoms with Crippen molar-refractivity contribution in [3.8, 4) is 17.1 Å². The molecular formula is C17H15F5N6O. The molecule has 0 bridgehead atoms. The van der Waals surface area contributed by atoms with Gasteiger partial charge in [-0.05, 0) is 0 Å². The van der Waals surface area contributed by atoms with Gasteiger partial charge in [0.05, 0.1) is 18.4 Å². The van der Waals surface area contributed by atoms with Gasteiger partial charge in [0.25, 0.3) is 6.43 Å². The number of hydrogen-bond donors (Lipinski definition) is 2. The smallest absolute Gasteiger partial charge is 0.272 e. The third-order valence-corrected chi connectivity index (χ3v) is 4.35. The lowest BCUT2D eigenvalue weighted by Gasteiger charge is -2.16. The van der Waals surface area contributed by atoms with E-state index in [4.69, 9.17) is 4.74 Å². The minimum atomic E-state index is -2.65. The van der Waals surface area contributed by atoms with Crippen LogP contribution in [0.5, 0.6) is 5.75 Å². The van der Waals surface area contributed by atoms with Crippen molar-refractivity contribution in [2.45, 2.75) is 18.6 Å². The first-order valence-corrected chi connectivity index (χ1v) is 8.65. The molecule has 3 aromatic rings. The highest BCUT2D eigenvalue weighted by molar-refractivity contribution is 5.62. The zero-order chi connectivity index (χ0) is 20.5. The fourth-order valence-corrected chi connectivity index (χ4v) is 2.97. The molecule has 29 heavy (non-hydrogen) atoms. The van der Waals surface area contributed by atoms with Crippen LogP contribution >= 0.6 is 0 Å². The van der Waals surface area contributed by atoms with E-state index in [9.17, 15) is 22.0 Å². The maximum absolute atomic E-state index is 14.4. The Labute approximate surface area is 160 Å². The van der Waals surface area contributed by atoms with Crippen molar-refractivity contribution in [3.05, 3.63) is 36.2 Å². The maximum atomic E-state index is 14.4. The number of ether oxygens (including phenoxy) is 1. The van der Waals surface area contributed by atoms with Gasteiger partial charge in [-0.3, -0.25) is 0 Å². The average Bonchev–Trinajstić information content (AvgIpc) is 3.28. The summed E-state index contributed by atoms with van der Waals surface area (Å²) in [5, 5.41) is 9.46. The van der Waals surface area contributed by atoms with Gasteiger partial charge >= 0.3 is 0 Å². The summed E-state index contributed by atoms with van der Waals surface area (Å²) in [6, 6.07) is 1.28. The number of aromatic nitrogens is 4. The molecule has 2 atom stereocenters. The summed E-state index contributed by atoms with van der Waals surface area (Å²) in [7, 11) is 0. The molecule has 4 heterocycles. The molecular weight excluding hydrogens is 399 g/mol. The summed E-state index contributed by atoms with van der Waals surface area (Å²) in [6.07, 6.45) is -1.47. The standard InChI is InChI=1S/C17H15F5N6O/c18-9-2-10(19)17(26-12-5-23-4-11(12)20)27-16(9)13-6-24-15-1-8(3-25-28(13)15)29-7-14(21)22/h1-3,6,11-12,14,23H,4-5,7H2,(H,26,27). The van der Waals surface area contributed by atoms with Crippen molar-refractivity contribution in [1.29, 1.82) is 0 Å². The second-order valence-electron chi connectivity index (χ2n) is 6.38. The number of halogens is 5. The van der Waals surface area contributed by atoms with Crippen LogP contribution in [0.25, 0.3) is 17.0 Å². The van der Waals surface area contributed by atoms with Crippen molar-refractivity contribution in [2.75, 3.05) is 25.0 Å². The van der Waals surface area contributed by atoms with Crippen LogP contribution in [0.2, 0.25) is 0 Å². The molecule has 2 unspecified atom stereocenters. The van der Waals surface area contributed by atoms with Gasteiger partial charge in [-0.1, -0.05) is 0 Å². The lowest BCUT2D eigenvalue weighted by Crippen LogP contribution is -2.30. The first-order chi connectivity index (χ1) is 13.9. The van der Waals surface area contributed by atoms with E-state index < -0.39 is 36.9 Å². The highest BCUT2D eigenvalue weighted by Crippen LogP contribution is 2.27. The SMILES string of the molecule is Fc1cc(F)c(-c2cnc3cc(OCC(F)F)cnn23)nc1NC1CNCC1F. The maximum Gasteiger partial charge on any atom is 0.272 e. The summed E-state index contributed by atoms with van der Waals surface area (Å²) in [5.41, 5.74) is 0.0365. The molecule has 0 aromatic carbocycles. The summed E-state index contributed by atoms with van der Waals surface area (Å²) in [5.74, 6) is -2.16. The number of fused-ring (bicyclic) bond motifs is 1. The van der Waals surface area contributed by atoms with Gasteiger partial charge in [0.1, 0.15) is 29.9 Å². The van der Waals surface area contributed by atoms with E-state index >= 15 is 0 Å². The molecule has 1 fully saturated rings. The first kappa shape index (κ1) is 19.3. The molecule has 0 amide bonds. The van der Waals surface area contributed by atoms with Gasteiger partial charge in [0.15, 0.2) is 23.1 Å². The predicted molar refractivity (Wildman–Crippen MR) is 92.8 cm³/mol. The molecule has 7 nitrogen and oxygen atoms in total. The Morgan fingerprint density at radius 2 is 2.03 bits per heavy atom. The molecule has 4 rings (SSSR count). The van der Waals surface area contributed by atoms with E-state index in [1.807, 2.05) is 0 Å². The van der Waals surface area contributed by atoms with Crippen LogP contribution in [0.4, 0.5) is 27.8 Å². The predicted octanol–water partition coefficient (Wildman–Crippen LogP) is 2.44. The number of imidazole rings is 1. The zero-order valence-electron chi connectivity index (χ0n) is 14.7. The van der Waals surface area contributed by atoms with Crippen LogP contribution in [0.15, 0.2) is 24.5 Å². The van der Waals surface area contributed by atoms with Crippen LogP contribution in [0.3, 0.4) is 0 Å². The topological polar surface area (TPSA) is 76.4 Å². The van der Waals surface area contributed by atoms with Crippen molar-refractivity contribution < 1.29 is 26.7 Å². The quantitative estimate of drug-likeness (QED) is 0.604. The lowest BCUT2D eigenvalue weighted by molar-refractivity contribution is 0.0817. The van der Waals surface area contributed by atoms with Gasteiger partial charge in [0, 0.05) is 25.2 Å². The Morgan fingerprint density at radius 1 is 1.21 bits per heavy atom. The molecule has 154 valence electrons. The number of hydrogen-bond acceptors (Lipinski definition) is 6. The lowest BCUT2D eigenvalue weighted by atomic mass is 10.2. The van der Waals surface area contributed by atoms with Crippen LogP contribution in [0, 0.1) is 11.6 Å². The van der Waals surface area contributed by atoms with E-state index in [-0.39, 0.29) is 41.7 Å². The number of nitrogens with zero attached hydrogens (tertiary/aromatic N) is 4. The highest BCUT2D eigenvalue weighted by Gasteiger charge is 2.28. The molecule has 2 N–H and O–H groups in total. The monoisotopic (exact) mass is 414 g/mol. The minimum absolute atomic E-state index is 0.0626. The average molecular weight is 414 g/mol. The molecule has 0 aliphatic carbocycles. The normalized spacial score (nSPS) is 19.2. The van der Waals surface area contributed by atoms with Crippen LogP contribution < -0.4 is 15.4 Å². The Balaban J connectivity index is 1.66. The van der Waals surface area contributed by atoms with Crippen molar-refractivity contribution in [3.63, 3.8) is 0 Å². The number of pyridine rings is 1. The number of anilines is 1. The summed E-state index contributed by atoms with van der Waals surface area (Å²) in [6.45, 7) is -0.409. The Hall–Kier alpha value is -3.02. The summed E-state index contributed by atoms with van der Waals surface area (Å²) >= 11 is 0. The van der Waals surface area contributed by atoms with Crippen molar-refractivity contribution >= 4 is 11.5 Å². The van der Waals surface area contributed by atoms with Gasteiger partial charge in [-0.15, -0.1) is 0 Å². The Bertz CT molecular complexity index is 1030. The van der Waals surface area contributed by atoms with Gasteiger partial charge < -0.3 is 15.4 Å². The van der Waals surface area contributed by atoms with E-state index in [1.165, 1.54) is 23.0 Å². The number of rotatable bonds is 6. The fourth-order valence-electron chi connectivity index (χ4n) is 2.97. The van der Waals surface area contributed by atoms with E-state index in [0.29, 0.717) is 6.07 Å². The minimum Gasteiger partial charge on any atom is -0.486 e. The van der Waals surface area contributed by atoms with E-state index in [1.54, 1.807) is 0 Å². The van der Waals surface area contributed by atoms with Gasteiger partial charge in [-0.2, -0.15) is 5.10 Å². The van der Waals surface area contributed by atoms with Crippen LogP contribution in [-0.4, -0.2) is 57.9 Å². The zero-order valence-corrected chi connectivity index (χ0v) is 14.7. The molecule has 12 heteroatoms. The van der Waals surface area contributed by atoms with E-state index in [2.05, 4.69) is 25.7 Å². The molecule has 1 saturated heterocycles. The third kappa shape index (κ3) is 3.92. The molecule has 3 aromatic heterocycles. The van der Waals surface area contributed by atoms with Crippen LogP contribution in [-0.2, 0) is 0 Å². The molecule has 1 aliphatic heterocycles. The fraction of sp³-hybridized carbons (Fsp3) is 0.353. The van der Waals surface area contributed by atoms with Crippen molar-refractivity contribution in [2.24, 2.45) is 0 Å². The Morgan fingerprint density at radius 3 is 2.76 bits per heavy atom. The molecule has 0 saturated carbocycles. The summed E-state index contributed by atoms with van der Waals surface area (Å²) in [4.78, 5) is 7.99. The van der Waals surface area contributed by atoms with Crippen LogP contribution in [0.1, 0.15) is 0 Å². The second-order valence-corrected chi connectivity index (χ2v) is 6.38. The largest absolute Gasteiger partial charge is 0.486 e. The van der Waals surface area contributed by atoms with Gasteiger partial charge in [-0.25, -0.2) is 36.4 Å². The Kier molecular flexibility index (Phi) is 5.18. The number of alkyl halides is 3. The highest BCUT2D eigenvalue weighted by atomic mass is 19.3. The van der Waals surface area contributed by atoms with Crippen molar-refractivity contribution in [1.82, 2.24) is 24.9 Å².